The van der Waals surface area contributed by atoms with Gasteiger partial charge in [-0.15, -0.1) is 26.2 Å². The molecule has 2 rings (SSSR count). The van der Waals surface area contributed by atoms with E-state index in [0.29, 0.717) is 0 Å². The molecule has 0 unspecified atom stereocenters. The average molecular weight is 448 g/mol. The van der Waals surface area contributed by atoms with E-state index in [9.17, 15) is 0 Å². The predicted octanol–water partition coefficient (Wildman–Crippen LogP) is -4.39. The molecule has 0 atom stereocenters. The van der Waals surface area contributed by atoms with Gasteiger partial charge in [0, 0.05) is 26.2 Å². The maximum atomic E-state index is 4.27. The first-order valence-electron chi connectivity index (χ1n) is 7.09. The average Bonchev–Trinajstić information content (AvgIpc) is 2.65. The normalized spacial score (nSPS) is 18.0. The molecule has 2 radical (unpaired) electrons. The summed E-state index contributed by atoms with van der Waals surface area (Å²) in [5.41, 5.74) is 0. The molecular weight excluding hydrogens is 410 g/mol. The topological polar surface area (TPSA) is 205 Å². The Morgan fingerprint density at radius 3 is 0.833 bits per heavy atom. The van der Waals surface area contributed by atoms with Gasteiger partial charge < -0.3 is 53.8 Å². The molecule has 0 saturated carbocycles. The van der Waals surface area contributed by atoms with Gasteiger partial charge in [0.2, 0.25) is 0 Å². The monoisotopic (exact) mass is 448 g/mol. The molecule has 2 aliphatic rings. The second-order valence-electron chi connectivity index (χ2n) is 4.34. The third-order valence-corrected chi connectivity index (χ3v) is 2.74. The molecule has 2 heterocycles. The first-order chi connectivity index (χ1) is 9.00. The van der Waals surface area contributed by atoms with Crippen LogP contribution in [-0.2, 0) is 44.5 Å². The molecule has 0 aromatic carbocycles. The predicted molar refractivity (Wildman–Crippen MR) is 94.6 cm³/mol. The Balaban J connectivity index is -0.0000000540. The third kappa shape index (κ3) is 30.5. The van der Waals surface area contributed by atoms with Crippen molar-refractivity contribution in [3.05, 3.63) is 10.6 Å². The Labute approximate surface area is 166 Å². The fourth-order valence-electron chi connectivity index (χ4n) is 1.71. The Bertz CT molecular complexity index is 117. The van der Waals surface area contributed by atoms with Gasteiger partial charge in [0.1, 0.15) is 0 Å². The summed E-state index contributed by atoms with van der Waals surface area (Å²) in [6.45, 7) is 12.4. The zero-order chi connectivity index (χ0) is 12.7. The molecule has 2 fully saturated rings. The van der Waals surface area contributed by atoms with Gasteiger partial charge in [-0.25, -0.2) is 0 Å². The smallest absolute Gasteiger partial charge is 0.660 e. The molecule has 0 spiro atoms. The van der Waals surface area contributed by atoms with Gasteiger partial charge >= 0.3 is 33.6 Å². The van der Waals surface area contributed by atoms with Crippen molar-refractivity contribution in [3.8, 4) is 0 Å². The summed E-state index contributed by atoms with van der Waals surface area (Å²) < 4.78 is 0. The van der Waals surface area contributed by atoms with E-state index in [0.717, 1.165) is 78.5 Å². The van der Waals surface area contributed by atoms with Crippen LogP contribution in [0.3, 0.4) is 0 Å². The molecular formula is C12H38Co2N6O4+4. The van der Waals surface area contributed by atoms with Crippen LogP contribution in [0.2, 0.25) is 0 Å². The summed E-state index contributed by atoms with van der Waals surface area (Å²) >= 11 is 0. The van der Waals surface area contributed by atoms with Crippen LogP contribution < -0.4 is 21.3 Å². The minimum Gasteiger partial charge on any atom is -0.660 e. The van der Waals surface area contributed by atoms with Crippen LogP contribution in [0.1, 0.15) is 0 Å². The Hall–Kier alpha value is 0.613. The number of hydrogen-bond donors (Lipinski definition) is 4. The molecule has 0 aliphatic carbocycles. The van der Waals surface area contributed by atoms with Gasteiger partial charge in [-0.2, -0.15) is 0 Å². The van der Waals surface area contributed by atoms with E-state index >= 15 is 0 Å². The second-order valence-corrected chi connectivity index (χ2v) is 4.34. The summed E-state index contributed by atoms with van der Waals surface area (Å²) in [6.07, 6.45) is 0. The second kappa shape index (κ2) is 34.9. The van der Waals surface area contributed by atoms with E-state index in [-0.39, 0.29) is 55.5 Å². The summed E-state index contributed by atoms with van der Waals surface area (Å²) in [5, 5.41) is 21.6. The fourth-order valence-corrected chi connectivity index (χ4v) is 1.71. The Morgan fingerprint density at radius 2 is 0.625 bits per heavy atom. The first kappa shape index (κ1) is 39.6. The van der Waals surface area contributed by atoms with Crippen molar-refractivity contribution in [1.82, 2.24) is 21.3 Å². The SMILES string of the molecule is C1CNCCNCC[N-]1.C1CNCCNCC[N-]1.O.O.[Co+2].[Co+2].[OH3+].[OH3+]. The molecule has 0 bridgehead atoms. The van der Waals surface area contributed by atoms with Crippen LogP contribution in [0.25, 0.3) is 10.6 Å². The van der Waals surface area contributed by atoms with Crippen molar-refractivity contribution < 1.29 is 55.5 Å². The van der Waals surface area contributed by atoms with E-state index in [1.54, 1.807) is 0 Å². The number of nitrogens with zero attached hydrogens (tertiary/aromatic N) is 2. The molecule has 154 valence electrons. The summed E-state index contributed by atoms with van der Waals surface area (Å²) in [6, 6.07) is 0. The minimum absolute atomic E-state index is 0. The van der Waals surface area contributed by atoms with E-state index in [2.05, 4.69) is 31.9 Å². The molecule has 2 aliphatic heterocycles. The zero-order valence-corrected chi connectivity index (χ0v) is 16.3. The third-order valence-electron chi connectivity index (χ3n) is 2.74. The molecule has 0 amide bonds. The molecule has 14 N–H and O–H groups in total. The maximum Gasteiger partial charge on any atom is 2.00 e. The Kier molecular flexibility index (Phi) is 57.5. The van der Waals surface area contributed by atoms with Gasteiger partial charge in [-0.05, 0) is 26.2 Å². The fraction of sp³-hybridized carbons (Fsp3) is 1.00. The molecule has 0 aromatic heterocycles. The first-order valence-corrected chi connectivity index (χ1v) is 7.09. The largest absolute Gasteiger partial charge is 2.00 e. The van der Waals surface area contributed by atoms with Gasteiger partial charge in [0.15, 0.2) is 0 Å². The summed E-state index contributed by atoms with van der Waals surface area (Å²) in [5.74, 6) is 0. The van der Waals surface area contributed by atoms with Gasteiger partial charge in [0.05, 0.1) is 0 Å². The van der Waals surface area contributed by atoms with Crippen molar-refractivity contribution in [2.45, 2.75) is 0 Å². The number of hydrogen-bond acceptors (Lipinski definition) is 4. The van der Waals surface area contributed by atoms with Crippen LogP contribution in [0, 0.1) is 0 Å². The van der Waals surface area contributed by atoms with Crippen molar-refractivity contribution in [1.29, 1.82) is 0 Å². The summed E-state index contributed by atoms with van der Waals surface area (Å²) in [7, 11) is 0. The van der Waals surface area contributed by atoms with Gasteiger partial charge in [-0.1, -0.05) is 0 Å². The van der Waals surface area contributed by atoms with E-state index in [1.165, 1.54) is 0 Å². The zero-order valence-electron chi connectivity index (χ0n) is 14.2. The molecule has 24 heavy (non-hydrogen) atoms. The molecule has 0 aromatic rings. The quantitative estimate of drug-likeness (QED) is 0.271. The minimum atomic E-state index is 0. The molecule has 12 heteroatoms. The van der Waals surface area contributed by atoms with Crippen molar-refractivity contribution >= 4 is 0 Å². The van der Waals surface area contributed by atoms with Crippen LogP contribution >= 0.6 is 0 Å². The van der Waals surface area contributed by atoms with E-state index < -0.39 is 0 Å². The molecule has 2 saturated heterocycles. The number of nitrogens with one attached hydrogen (secondary N) is 4. The van der Waals surface area contributed by atoms with Gasteiger partial charge in [-0.3, -0.25) is 0 Å². The van der Waals surface area contributed by atoms with Crippen LogP contribution in [0.15, 0.2) is 0 Å². The maximum absolute atomic E-state index is 4.27. The van der Waals surface area contributed by atoms with Crippen LogP contribution in [0.5, 0.6) is 0 Å². The van der Waals surface area contributed by atoms with E-state index in [1.807, 2.05) is 0 Å². The standard InChI is InChI=1S/2C6H14N3.2Co.4H2O/c2*1-2-8-5-6-9-4-3-7-1;;;;;;/h2*7-8H,1-6H2;;;4*1H2/q2*-1;2*+2;;;;/p+2. The van der Waals surface area contributed by atoms with Crippen LogP contribution in [-0.4, -0.2) is 89.5 Å². The summed E-state index contributed by atoms with van der Waals surface area (Å²) in [4.78, 5) is 0. The van der Waals surface area contributed by atoms with Crippen molar-refractivity contribution in [3.63, 3.8) is 0 Å². The van der Waals surface area contributed by atoms with Crippen LogP contribution in [0.4, 0.5) is 0 Å². The van der Waals surface area contributed by atoms with E-state index in [4.69, 9.17) is 0 Å². The Morgan fingerprint density at radius 1 is 0.417 bits per heavy atom. The molecule has 10 nitrogen and oxygen atoms in total. The van der Waals surface area contributed by atoms with Crippen molar-refractivity contribution in [2.75, 3.05) is 78.5 Å². The van der Waals surface area contributed by atoms with Gasteiger partial charge in [0.25, 0.3) is 0 Å². The van der Waals surface area contributed by atoms with Crippen molar-refractivity contribution in [2.24, 2.45) is 0 Å². The number of rotatable bonds is 0.